The number of halogens is 6. The third kappa shape index (κ3) is 3.70. The van der Waals surface area contributed by atoms with E-state index in [1.54, 1.807) is 0 Å². The van der Waals surface area contributed by atoms with Crippen LogP contribution < -0.4 is 4.74 Å². The van der Waals surface area contributed by atoms with Gasteiger partial charge in [0, 0.05) is 5.56 Å². The van der Waals surface area contributed by atoms with Crippen molar-refractivity contribution >= 4 is 5.97 Å². The minimum absolute atomic E-state index is 0.00318. The van der Waals surface area contributed by atoms with Crippen molar-refractivity contribution < 1.29 is 41.0 Å². The average molecular weight is 364 g/mol. The zero-order chi connectivity index (χ0) is 18.8. The maximum Gasteiger partial charge on any atom is 0.373 e. The lowest BCUT2D eigenvalue weighted by atomic mass is 10.0. The predicted octanol–water partition coefficient (Wildman–Crippen LogP) is 5.17. The Morgan fingerprint density at radius 2 is 1.32 bits per heavy atom. The first-order chi connectivity index (χ1) is 11.6. The Morgan fingerprint density at radius 3 is 1.72 bits per heavy atom. The molecule has 0 radical (unpaired) electrons. The van der Waals surface area contributed by atoms with Gasteiger partial charge >= 0.3 is 24.2 Å². The largest absolute Gasteiger partial charge is 0.478 e. The molecule has 2 rings (SSSR count). The third-order valence-electron chi connectivity index (χ3n) is 3.25. The van der Waals surface area contributed by atoms with Gasteiger partial charge in [-0.1, -0.05) is 0 Å². The molecule has 0 bridgehead atoms. The van der Waals surface area contributed by atoms with Gasteiger partial charge in [0.15, 0.2) is 0 Å². The molecule has 0 atom stereocenters. The Bertz CT molecular complexity index is 741. The second-order valence-corrected chi connectivity index (χ2v) is 4.95. The van der Waals surface area contributed by atoms with Gasteiger partial charge in [-0.05, 0) is 48.5 Å². The summed E-state index contributed by atoms with van der Waals surface area (Å²) in [5.41, 5.74) is -1.29. The van der Waals surface area contributed by atoms with Crippen LogP contribution in [0.5, 0.6) is 11.5 Å². The van der Waals surface area contributed by atoms with E-state index in [2.05, 4.69) is 0 Å². The van der Waals surface area contributed by atoms with Crippen molar-refractivity contribution in [2.75, 3.05) is 0 Å². The number of aromatic carboxylic acids is 1. The fraction of sp³-hybridized carbons (Fsp3) is 0.188. The van der Waals surface area contributed by atoms with Crippen LogP contribution in [0.4, 0.5) is 26.3 Å². The predicted molar refractivity (Wildman–Crippen MR) is 74.8 cm³/mol. The van der Waals surface area contributed by atoms with E-state index in [4.69, 9.17) is 9.84 Å². The van der Waals surface area contributed by atoms with Crippen LogP contribution in [0.2, 0.25) is 0 Å². The molecule has 0 saturated carbocycles. The van der Waals surface area contributed by atoms with Crippen LogP contribution in [-0.2, 0) is 5.92 Å². The van der Waals surface area contributed by atoms with Crippen molar-refractivity contribution in [2.24, 2.45) is 0 Å². The maximum atomic E-state index is 13.5. The summed E-state index contributed by atoms with van der Waals surface area (Å²) in [7, 11) is 0. The highest BCUT2D eigenvalue weighted by Gasteiger charge is 2.63. The fourth-order valence-corrected chi connectivity index (χ4v) is 1.86. The first kappa shape index (κ1) is 18.6. The molecular weight excluding hydrogens is 354 g/mol. The molecular formula is C16H10F6O3. The van der Waals surface area contributed by atoms with Crippen molar-refractivity contribution in [3.05, 3.63) is 59.7 Å². The minimum atomic E-state index is -5.51. The molecule has 25 heavy (non-hydrogen) atoms. The Morgan fingerprint density at radius 1 is 0.880 bits per heavy atom. The summed E-state index contributed by atoms with van der Waals surface area (Å²) in [6.45, 7) is 0. The molecule has 0 heterocycles. The topological polar surface area (TPSA) is 46.5 Å². The molecule has 0 aliphatic heterocycles. The Hall–Kier alpha value is -2.71. The summed E-state index contributed by atoms with van der Waals surface area (Å²) in [5.74, 6) is -11.6. The summed E-state index contributed by atoms with van der Waals surface area (Å²) < 4.78 is 82.6. The van der Waals surface area contributed by atoms with Gasteiger partial charge in [-0.3, -0.25) is 0 Å². The number of carboxylic acid groups (broad SMARTS) is 1. The van der Waals surface area contributed by atoms with E-state index in [-0.39, 0.29) is 17.1 Å². The Kier molecular flexibility index (Phi) is 4.96. The molecule has 0 spiro atoms. The highest BCUT2D eigenvalue weighted by molar-refractivity contribution is 5.87. The molecule has 0 amide bonds. The SMILES string of the molecule is O=C(O)c1ccc(Oc2ccc(C(F)(F)C(F)(F)C(F)F)cc2)cc1. The summed E-state index contributed by atoms with van der Waals surface area (Å²) >= 11 is 0. The van der Waals surface area contributed by atoms with Crippen LogP contribution >= 0.6 is 0 Å². The van der Waals surface area contributed by atoms with Crippen LogP contribution in [-0.4, -0.2) is 23.4 Å². The van der Waals surface area contributed by atoms with Gasteiger partial charge < -0.3 is 9.84 Å². The van der Waals surface area contributed by atoms with E-state index in [0.717, 1.165) is 12.1 Å². The molecule has 0 saturated heterocycles. The van der Waals surface area contributed by atoms with E-state index < -0.39 is 29.8 Å². The van der Waals surface area contributed by atoms with Gasteiger partial charge in [0.05, 0.1) is 5.56 Å². The van der Waals surface area contributed by atoms with Crippen LogP contribution in [0.1, 0.15) is 15.9 Å². The molecule has 9 heteroatoms. The molecule has 1 N–H and O–H groups in total. The standard InChI is InChI=1S/C16H10F6O3/c17-14(18)16(21,22)15(19,20)10-3-7-12(8-4-10)25-11-5-1-9(2-6-11)13(23)24/h1-8,14H,(H,23,24). The quantitative estimate of drug-likeness (QED) is 0.720. The molecule has 2 aromatic carbocycles. The Balaban J connectivity index is 2.18. The number of benzene rings is 2. The van der Waals surface area contributed by atoms with Gasteiger partial charge in [-0.15, -0.1) is 0 Å². The lowest BCUT2D eigenvalue weighted by molar-refractivity contribution is -0.270. The number of hydrogen-bond donors (Lipinski definition) is 1. The number of rotatable bonds is 6. The third-order valence-corrected chi connectivity index (χ3v) is 3.25. The van der Waals surface area contributed by atoms with E-state index >= 15 is 0 Å². The first-order valence-corrected chi connectivity index (χ1v) is 6.71. The second kappa shape index (κ2) is 6.66. The summed E-state index contributed by atoms with van der Waals surface area (Å²) in [6.07, 6.45) is -4.52. The molecule has 0 unspecified atom stereocenters. The Labute approximate surface area is 137 Å². The lowest BCUT2D eigenvalue weighted by Gasteiger charge is -2.26. The molecule has 0 fully saturated rings. The highest BCUT2D eigenvalue weighted by Crippen LogP contribution is 2.46. The number of ether oxygens (including phenoxy) is 1. The van der Waals surface area contributed by atoms with Gasteiger partial charge in [0.2, 0.25) is 0 Å². The van der Waals surface area contributed by atoms with E-state index in [1.165, 1.54) is 24.3 Å². The first-order valence-electron chi connectivity index (χ1n) is 6.71. The fourth-order valence-electron chi connectivity index (χ4n) is 1.86. The summed E-state index contributed by atoms with van der Waals surface area (Å²) in [6, 6.07) is 8.01. The normalized spacial score (nSPS) is 12.3. The molecule has 0 aromatic heterocycles. The highest BCUT2D eigenvalue weighted by atomic mass is 19.3. The molecule has 0 aliphatic carbocycles. The number of hydrogen-bond acceptors (Lipinski definition) is 2. The van der Waals surface area contributed by atoms with E-state index in [9.17, 15) is 31.1 Å². The number of carboxylic acids is 1. The van der Waals surface area contributed by atoms with E-state index in [1.807, 2.05) is 0 Å². The monoisotopic (exact) mass is 364 g/mol. The van der Waals surface area contributed by atoms with Crippen LogP contribution in [0.15, 0.2) is 48.5 Å². The zero-order valence-corrected chi connectivity index (χ0v) is 12.2. The maximum absolute atomic E-state index is 13.5. The average Bonchev–Trinajstić information content (AvgIpc) is 2.55. The number of alkyl halides is 6. The van der Waals surface area contributed by atoms with Crippen LogP contribution in [0, 0.1) is 0 Å². The van der Waals surface area contributed by atoms with Gasteiger partial charge in [-0.2, -0.15) is 17.6 Å². The molecule has 134 valence electrons. The summed E-state index contributed by atoms with van der Waals surface area (Å²) in [5, 5.41) is 8.75. The van der Waals surface area contributed by atoms with Crippen molar-refractivity contribution in [3.63, 3.8) is 0 Å². The van der Waals surface area contributed by atoms with Crippen LogP contribution in [0.3, 0.4) is 0 Å². The molecule has 2 aromatic rings. The van der Waals surface area contributed by atoms with Crippen molar-refractivity contribution in [1.29, 1.82) is 0 Å². The smallest absolute Gasteiger partial charge is 0.373 e. The number of carbonyl (C=O) groups is 1. The molecule has 3 nitrogen and oxygen atoms in total. The van der Waals surface area contributed by atoms with Crippen molar-refractivity contribution in [1.82, 2.24) is 0 Å². The molecule has 0 aliphatic rings. The second-order valence-electron chi connectivity index (χ2n) is 4.95. The minimum Gasteiger partial charge on any atom is -0.478 e. The van der Waals surface area contributed by atoms with Gasteiger partial charge in [0.25, 0.3) is 0 Å². The van der Waals surface area contributed by atoms with Crippen molar-refractivity contribution in [3.8, 4) is 11.5 Å². The van der Waals surface area contributed by atoms with Crippen LogP contribution in [0.25, 0.3) is 0 Å². The summed E-state index contributed by atoms with van der Waals surface area (Å²) in [4.78, 5) is 10.7. The lowest BCUT2D eigenvalue weighted by Crippen LogP contribution is -2.44. The van der Waals surface area contributed by atoms with E-state index in [0.29, 0.717) is 12.1 Å². The van der Waals surface area contributed by atoms with Gasteiger partial charge in [-0.25, -0.2) is 13.6 Å². The van der Waals surface area contributed by atoms with Gasteiger partial charge in [0.1, 0.15) is 11.5 Å². The van der Waals surface area contributed by atoms with Crippen molar-refractivity contribution in [2.45, 2.75) is 18.3 Å². The zero-order valence-electron chi connectivity index (χ0n) is 12.2.